The number of thioether (sulfide) groups is 1. The zero-order valence-electron chi connectivity index (χ0n) is 11.8. The number of rotatable bonds is 4. The Morgan fingerprint density at radius 1 is 1.32 bits per heavy atom. The molecule has 0 saturated carbocycles. The van der Waals surface area contributed by atoms with E-state index in [-0.39, 0.29) is 0 Å². The van der Waals surface area contributed by atoms with Crippen LogP contribution in [0.2, 0.25) is 0 Å². The first kappa shape index (κ1) is 14.0. The van der Waals surface area contributed by atoms with E-state index in [0.717, 1.165) is 22.8 Å². The summed E-state index contributed by atoms with van der Waals surface area (Å²) in [6, 6.07) is 6.53. The van der Waals surface area contributed by atoms with E-state index in [2.05, 4.69) is 42.6 Å². The third kappa shape index (κ3) is 2.93. The Balaban J connectivity index is 2.21. The Hall–Kier alpha value is -1.46. The first-order chi connectivity index (χ1) is 9.02. The minimum atomic E-state index is 0.865. The normalized spacial score (nSPS) is 10.8. The molecule has 5 heteroatoms. The van der Waals surface area contributed by atoms with Crippen molar-refractivity contribution in [2.45, 2.75) is 31.4 Å². The lowest BCUT2D eigenvalue weighted by molar-refractivity contribution is 0.760. The number of aromatic nitrogens is 2. The van der Waals surface area contributed by atoms with Gasteiger partial charge in [0, 0.05) is 23.3 Å². The summed E-state index contributed by atoms with van der Waals surface area (Å²) in [6.45, 7) is 6.27. The summed E-state index contributed by atoms with van der Waals surface area (Å²) in [4.78, 5) is 1.31. The molecule has 0 aliphatic carbocycles. The lowest BCUT2D eigenvalue weighted by Crippen LogP contribution is -2.12. The van der Waals surface area contributed by atoms with Crippen LogP contribution in [0.5, 0.6) is 0 Å². The molecular formula is C14H20N4S. The Labute approximate surface area is 118 Å². The first-order valence-corrected chi connectivity index (χ1v) is 7.20. The van der Waals surface area contributed by atoms with Crippen molar-refractivity contribution in [1.29, 1.82) is 0 Å². The van der Waals surface area contributed by atoms with Crippen LogP contribution in [-0.4, -0.2) is 9.78 Å². The second-order valence-electron chi connectivity index (χ2n) is 4.74. The molecule has 3 N–H and O–H groups in total. The zero-order chi connectivity index (χ0) is 14.0. The quantitative estimate of drug-likeness (QED) is 0.512. The number of hydrazine groups is 1. The number of nitrogens with zero attached hydrogens (tertiary/aromatic N) is 2. The number of anilines is 1. The van der Waals surface area contributed by atoms with Gasteiger partial charge in [-0.2, -0.15) is 5.10 Å². The van der Waals surface area contributed by atoms with Gasteiger partial charge >= 0.3 is 0 Å². The van der Waals surface area contributed by atoms with Gasteiger partial charge in [0.15, 0.2) is 0 Å². The molecular weight excluding hydrogens is 256 g/mol. The van der Waals surface area contributed by atoms with Crippen molar-refractivity contribution >= 4 is 17.6 Å². The predicted molar refractivity (Wildman–Crippen MR) is 81.2 cm³/mol. The Kier molecular flexibility index (Phi) is 4.17. The SMILES string of the molecule is Cc1ccc(C)c(SCc2c(C)nn(C)c2NN)c1. The average Bonchev–Trinajstić information content (AvgIpc) is 2.64. The molecule has 2 aromatic rings. The zero-order valence-corrected chi connectivity index (χ0v) is 12.6. The smallest absolute Gasteiger partial charge is 0.142 e. The van der Waals surface area contributed by atoms with Gasteiger partial charge in [0.25, 0.3) is 0 Å². The number of hydrogen-bond donors (Lipinski definition) is 2. The van der Waals surface area contributed by atoms with E-state index in [1.54, 1.807) is 4.68 Å². The van der Waals surface area contributed by atoms with Crippen LogP contribution >= 0.6 is 11.8 Å². The second-order valence-corrected chi connectivity index (χ2v) is 5.76. The van der Waals surface area contributed by atoms with Crippen molar-refractivity contribution < 1.29 is 0 Å². The lowest BCUT2D eigenvalue weighted by atomic mass is 10.2. The van der Waals surface area contributed by atoms with Crippen molar-refractivity contribution in [2.75, 3.05) is 5.43 Å². The van der Waals surface area contributed by atoms with E-state index < -0.39 is 0 Å². The summed E-state index contributed by atoms with van der Waals surface area (Å²) in [5, 5.41) is 4.39. The highest BCUT2D eigenvalue weighted by molar-refractivity contribution is 7.98. The maximum atomic E-state index is 5.57. The van der Waals surface area contributed by atoms with E-state index in [1.165, 1.54) is 16.0 Å². The fraction of sp³-hybridized carbons (Fsp3) is 0.357. The van der Waals surface area contributed by atoms with Gasteiger partial charge in [-0.1, -0.05) is 17.7 Å². The molecule has 1 aromatic carbocycles. The van der Waals surface area contributed by atoms with Crippen LogP contribution in [0.3, 0.4) is 0 Å². The number of hydrogen-bond acceptors (Lipinski definition) is 4. The maximum absolute atomic E-state index is 5.57. The number of nitrogens with one attached hydrogen (secondary N) is 1. The van der Waals surface area contributed by atoms with Gasteiger partial charge in [0.05, 0.1) is 5.69 Å². The van der Waals surface area contributed by atoms with Crippen LogP contribution in [0.4, 0.5) is 5.82 Å². The Bertz CT molecular complexity index is 589. The van der Waals surface area contributed by atoms with E-state index in [0.29, 0.717) is 0 Å². The molecule has 0 radical (unpaired) electrons. The van der Waals surface area contributed by atoms with Gasteiger partial charge in [-0.3, -0.25) is 4.68 Å². The molecule has 0 spiro atoms. The molecule has 0 aliphatic rings. The summed E-state index contributed by atoms with van der Waals surface area (Å²) < 4.78 is 1.79. The molecule has 0 amide bonds. The third-order valence-electron chi connectivity index (χ3n) is 3.20. The second kappa shape index (κ2) is 5.67. The largest absolute Gasteiger partial charge is 0.308 e. The summed E-state index contributed by atoms with van der Waals surface area (Å²) in [7, 11) is 1.90. The van der Waals surface area contributed by atoms with Gasteiger partial charge in [0.1, 0.15) is 5.82 Å². The van der Waals surface area contributed by atoms with Crippen molar-refractivity contribution in [3.63, 3.8) is 0 Å². The minimum Gasteiger partial charge on any atom is -0.308 e. The Morgan fingerprint density at radius 2 is 2.05 bits per heavy atom. The molecule has 2 rings (SSSR count). The predicted octanol–water partition coefficient (Wildman–Crippen LogP) is 2.92. The van der Waals surface area contributed by atoms with E-state index in [1.807, 2.05) is 25.7 Å². The first-order valence-electron chi connectivity index (χ1n) is 6.22. The van der Waals surface area contributed by atoms with Gasteiger partial charge in [-0.15, -0.1) is 11.8 Å². The molecule has 4 nitrogen and oxygen atoms in total. The summed E-state index contributed by atoms with van der Waals surface area (Å²) in [5.41, 5.74) is 7.51. The van der Waals surface area contributed by atoms with Crippen molar-refractivity contribution in [3.8, 4) is 0 Å². The number of nitrogens with two attached hydrogens (primary N) is 1. The maximum Gasteiger partial charge on any atom is 0.142 e. The van der Waals surface area contributed by atoms with Crippen molar-refractivity contribution in [2.24, 2.45) is 12.9 Å². The van der Waals surface area contributed by atoms with Crippen LogP contribution in [0.15, 0.2) is 23.1 Å². The summed E-state index contributed by atoms with van der Waals surface area (Å²) in [5.74, 6) is 7.32. The minimum absolute atomic E-state index is 0.865. The highest BCUT2D eigenvalue weighted by atomic mass is 32.2. The van der Waals surface area contributed by atoms with Gasteiger partial charge in [-0.25, -0.2) is 5.84 Å². The highest BCUT2D eigenvalue weighted by Crippen LogP contribution is 2.30. The van der Waals surface area contributed by atoms with Crippen LogP contribution < -0.4 is 11.3 Å². The molecule has 0 atom stereocenters. The van der Waals surface area contributed by atoms with Gasteiger partial charge in [-0.05, 0) is 32.4 Å². The topological polar surface area (TPSA) is 55.9 Å². The number of aryl methyl sites for hydroxylation is 4. The molecule has 0 bridgehead atoms. The molecule has 0 aliphatic heterocycles. The van der Waals surface area contributed by atoms with E-state index in [9.17, 15) is 0 Å². The van der Waals surface area contributed by atoms with E-state index in [4.69, 9.17) is 5.84 Å². The van der Waals surface area contributed by atoms with Gasteiger partial charge < -0.3 is 5.43 Å². The fourth-order valence-electron chi connectivity index (χ4n) is 2.07. The van der Waals surface area contributed by atoms with Crippen LogP contribution in [0, 0.1) is 20.8 Å². The molecule has 102 valence electrons. The van der Waals surface area contributed by atoms with Crippen molar-refractivity contribution in [3.05, 3.63) is 40.6 Å². The molecule has 1 aromatic heterocycles. The summed E-state index contributed by atoms with van der Waals surface area (Å²) in [6.07, 6.45) is 0. The molecule has 0 fully saturated rings. The highest BCUT2D eigenvalue weighted by Gasteiger charge is 2.13. The van der Waals surface area contributed by atoms with Crippen molar-refractivity contribution in [1.82, 2.24) is 9.78 Å². The molecule has 19 heavy (non-hydrogen) atoms. The molecule has 1 heterocycles. The summed E-state index contributed by atoms with van der Waals surface area (Å²) >= 11 is 1.82. The standard InChI is InChI=1S/C14H20N4S/c1-9-5-6-10(2)13(7-9)19-8-12-11(3)17-18(4)14(12)16-15/h5-7,16H,8,15H2,1-4H3. The van der Waals surface area contributed by atoms with Gasteiger partial charge in [0.2, 0.25) is 0 Å². The van der Waals surface area contributed by atoms with Crippen LogP contribution in [-0.2, 0) is 12.8 Å². The van der Waals surface area contributed by atoms with E-state index >= 15 is 0 Å². The number of benzene rings is 1. The monoisotopic (exact) mass is 276 g/mol. The van der Waals surface area contributed by atoms with Crippen LogP contribution in [0.1, 0.15) is 22.4 Å². The molecule has 0 unspecified atom stereocenters. The average molecular weight is 276 g/mol. The number of nitrogen functional groups attached to an aromatic ring is 1. The fourth-order valence-corrected chi connectivity index (χ4v) is 3.28. The lowest BCUT2D eigenvalue weighted by Gasteiger charge is -2.08. The Morgan fingerprint density at radius 3 is 2.74 bits per heavy atom. The molecule has 0 saturated heterocycles. The third-order valence-corrected chi connectivity index (χ3v) is 4.38. The van der Waals surface area contributed by atoms with Crippen LogP contribution in [0.25, 0.3) is 0 Å².